The smallest absolute Gasteiger partial charge is 0.269 e. The number of hydrogen-bond acceptors (Lipinski definition) is 4. The highest BCUT2D eigenvalue weighted by molar-refractivity contribution is 7.80. The number of non-ortho nitro benzene ring substituents is 1. The highest BCUT2D eigenvalue weighted by atomic mass is 32.1. The number of rotatable bonds is 6. The van der Waals surface area contributed by atoms with E-state index in [0.717, 1.165) is 0 Å². The Morgan fingerprint density at radius 1 is 1.40 bits per heavy atom. The third-order valence-electron chi connectivity index (χ3n) is 2.81. The van der Waals surface area contributed by atoms with E-state index in [9.17, 15) is 14.9 Å². The molecule has 1 aromatic carbocycles. The van der Waals surface area contributed by atoms with Gasteiger partial charge in [0.05, 0.1) is 9.91 Å². The molecule has 0 aliphatic carbocycles. The minimum Gasteiger partial charge on any atom is -0.393 e. The molecule has 1 aromatic rings. The second-order valence-electron chi connectivity index (χ2n) is 4.61. The summed E-state index contributed by atoms with van der Waals surface area (Å²) in [5, 5.41) is 10.6. The Balaban J connectivity index is 2.88. The first-order chi connectivity index (χ1) is 9.32. The zero-order valence-corrected chi connectivity index (χ0v) is 12.2. The van der Waals surface area contributed by atoms with Crippen molar-refractivity contribution in [1.82, 2.24) is 4.90 Å². The van der Waals surface area contributed by atoms with Crippen LogP contribution in [0.5, 0.6) is 0 Å². The average molecular weight is 295 g/mol. The number of carbonyl (C=O) groups excluding carboxylic acids is 1. The maximum Gasteiger partial charge on any atom is 0.269 e. The summed E-state index contributed by atoms with van der Waals surface area (Å²) in [5.74, 6) is -0.189. The van der Waals surface area contributed by atoms with E-state index in [0.29, 0.717) is 23.5 Å². The van der Waals surface area contributed by atoms with Gasteiger partial charge in [-0.05, 0) is 26.0 Å². The third kappa shape index (κ3) is 4.27. The second-order valence-corrected chi connectivity index (χ2v) is 5.14. The SMILES string of the molecule is CC(C)N(CCC(N)=S)C(=O)c1ccc([N+](=O)[O-])cc1. The number of nitrogens with two attached hydrogens (primary N) is 1. The van der Waals surface area contributed by atoms with Crippen molar-refractivity contribution in [1.29, 1.82) is 0 Å². The molecule has 0 unspecified atom stereocenters. The molecular formula is C13H17N3O3S. The molecule has 0 heterocycles. The molecule has 0 saturated heterocycles. The van der Waals surface area contributed by atoms with Crippen molar-refractivity contribution in [2.75, 3.05) is 6.54 Å². The molecule has 0 bridgehead atoms. The average Bonchev–Trinajstić information content (AvgIpc) is 2.38. The monoisotopic (exact) mass is 295 g/mol. The maximum atomic E-state index is 12.4. The van der Waals surface area contributed by atoms with Gasteiger partial charge in [-0.1, -0.05) is 12.2 Å². The molecule has 0 aliphatic heterocycles. The van der Waals surface area contributed by atoms with E-state index >= 15 is 0 Å². The summed E-state index contributed by atoms with van der Waals surface area (Å²) in [6.07, 6.45) is 0.451. The second kappa shape index (κ2) is 6.95. The lowest BCUT2D eigenvalue weighted by Gasteiger charge is -2.26. The number of nitro groups is 1. The topological polar surface area (TPSA) is 89.5 Å². The highest BCUT2D eigenvalue weighted by Gasteiger charge is 2.19. The van der Waals surface area contributed by atoms with Crippen molar-refractivity contribution in [3.8, 4) is 0 Å². The molecule has 0 atom stereocenters. The molecule has 0 radical (unpaired) electrons. The normalized spacial score (nSPS) is 10.3. The van der Waals surface area contributed by atoms with E-state index in [-0.39, 0.29) is 17.6 Å². The predicted molar refractivity (Wildman–Crippen MR) is 80.7 cm³/mol. The number of benzene rings is 1. The third-order valence-corrected chi connectivity index (χ3v) is 3.01. The van der Waals surface area contributed by atoms with E-state index in [4.69, 9.17) is 18.0 Å². The van der Waals surface area contributed by atoms with Crippen LogP contribution in [0.15, 0.2) is 24.3 Å². The van der Waals surface area contributed by atoms with Crippen LogP contribution in [0.1, 0.15) is 30.6 Å². The Kier molecular flexibility index (Phi) is 5.57. The quantitative estimate of drug-likeness (QED) is 0.493. The van der Waals surface area contributed by atoms with Gasteiger partial charge in [0.15, 0.2) is 0 Å². The number of thiocarbonyl (C=S) groups is 1. The number of amides is 1. The zero-order valence-electron chi connectivity index (χ0n) is 11.4. The van der Waals surface area contributed by atoms with Gasteiger partial charge in [-0.15, -0.1) is 0 Å². The van der Waals surface area contributed by atoms with Crippen LogP contribution < -0.4 is 5.73 Å². The summed E-state index contributed by atoms with van der Waals surface area (Å²) in [7, 11) is 0. The van der Waals surface area contributed by atoms with Gasteiger partial charge < -0.3 is 10.6 Å². The minimum atomic E-state index is -0.499. The summed E-state index contributed by atoms with van der Waals surface area (Å²) < 4.78 is 0. The number of hydrogen-bond donors (Lipinski definition) is 1. The summed E-state index contributed by atoms with van der Waals surface area (Å²) in [6.45, 7) is 4.22. The van der Waals surface area contributed by atoms with Crippen LogP contribution in [0.3, 0.4) is 0 Å². The molecule has 0 saturated carbocycles. The Morgan fingerprint density at radius 3 is 2.35 bits per heavy atom. The van der Waals surface area contributed by atoms with E-state index in [1.54, 1.807) is 4.90 Å². The number of nitro benzene ring substituents is 1. The predicted octanol–water partition coefficient (Wildman–Crippen LogP) is 2.12. The van der Waals surface area contributed by atoms with Crippen molar-refractivity contribution >= 4 is 28.8 Å². The molecule has 1 rings (SSSR count). The Bertz CT molecular complexity index is 514. The standard InChI is InChI=1S/C13H17N3O3S/c1-9(2)15(8-7-12(14)20)13(17)10-3-5-11(6-4-10)16(18)19/h3-6,9H,7-8H2,1-2H3,(H2,14,20). The van der Waals surface area contributed by atoms with Gasteiger partial charge in [-0.2, -0.15) is 0 Å². The molecular weight excluding hydrogens is 278 g/mol. The minimum absolute atomic E-state index is 0.00737. The first-order valence-corrected chi connectivity index (χ1v) is 6.57. The lowest BCUT2D eigenvalue weighted by Crippen LogP contribution is -2.38. The molecule has 2 N–H and O–H groups in total. The Hall–Kier alpha value is -2.02. The van der Waals surface area contributed by atoms with Crippen LogP contribution in [-0.4, -0.2) is 33.3 Å². The van der Waals surface area contributed by atoms with E-state index in [2.05, 4.69) is 0 Å². The molecule has 0 aromatic heterocycles. The molecule has 0 fully saturated rings. The number of carbonyl (C=O) groups is 1. The largest absolute Gasteiger partial charge is 0.393 e. The van der Waals surface area contributed by atoms with Crippen molar-refractivity contribution in [3.05, 3.63) is 39.9 Å². The van der Waals surface area contributed by atoms with Crippen molar-refractivity contribution in [2.45, 2.75) is 26.3 Å². The van der Waals surface area contributed by atoms with Crippen LogP contribution in [0.4, 0.5) is 5.69 Å². The van der Waals surface area contributed by atoms with Crippen LogP contribution in [0.2, 0.25) is 0 Å². The molecule has 1 amide bonds. The molecule has 6 nitrogen and oxygen atoms in total. The van der Waals surface area contributed by atoms with Crippen molar-refractivity contribution < 1.29 is 9.72 Å². The van der Waals surface area contributed by atoms with E-state index in [1.165, 1.54) is 24.3 Å². The molecule has 0 aliphatic rings. The summed E-state index contributed by atoms with van der Waals surface area (Å²) in [4.78, 5) is 24.4. The van der Waals surface area contributed by atoms with Crippen LogP contribution >= 0.6 is 12.2 Å². The fourth-order valence-corrected chi connectivity index (χ4v) is 1.81. The Labute approximate surface area is 122 Å². The summed E-state index contributed by atoms with van der Waals surface area (Å²) in [5.41, 5.74) is 5.82. The van der Waals surface area contributed by atoms with Crippen LogP contribution in [0, 0.1) is 10.1 Å². The molecule has 108 valence electrons. The van der Waals surface area contributed by atoms with Gasteiger partial charge in [-0.25, -0.2) is 0 Å². The first-order valence-electron chi connectivity index (χ1n) is 6.16. The summed E-state index contributed by atoms with van der Waals surface area (Å²) >= 11 is 4.81. The van der Waals surface area contributed by atoms with Crippen LogP contribution in [-0.2, 0) is 0 Å². The molecule has 20 heavy (non-hydrogen) atoms. The number of nitrogens with zero attached hydrogens (tertiary/aromatic N) is 2. The van der Waals surface area contributed by atoms with Crippen molar-refractivity contribution in [3.63, 3.8) is 0 Å². The Morgan fingerprint density at radius 2 is 1.95 bits per heavy atom. The van der Waals surface area contributed by atoms with Gasteiger partial charge in [0, 0.05) is 36.7 Å². The molecule has 7 heteroatoms. The maximum absolute atomic E-state index is 12.4. The van der Waals surface area contributed by atoms with Gasteiger partial charge >= 0.3 is 0 Å². The highest BCUT2D eigenvalue weighted by Crippen LogP contribution is 2.15. The van der Waals surface area contributed by atoms with Gasteiger partial charge in [0.1, 0.15) is 0 Å². The van der Waals surface area contributed by atoms with Gasteiger partial charge in [0.25, 0.3) is 11.6 Å². The van der Waals surface area contributed by atoms with E-state index < -0.39 is 4.92 Å². The summed E-state index contributed by atoms with van der Waals surface area (Å²) in [6, 6.07) is 5.54. The van der Waals surface area contributed by atoms with E-state index in [1.807, 2.05) is 13.8 Å². The first kappa shape index (κ1) is 16.0. The van der Waals surface area contributed by atoms with Gasteiger partial charge in [0.2, 0.25) is 0 Å². The lowest BCUT2D eigenvalue weighted by atomic mass is 10.1. The fourth-order valence-electron chi connectivity index (χ4n) is 1.72. The van der Waals surface area contributed by atoms with Gasteiger partial charge in [-0.3, -0.25) is 14.9 Å². The van der Waals surface area contributed by atoms with Crippen LogP contribution in [0.25, 0.3) is 0 Å². The fraction of sp³-hybridized carbons (Fsp3) is 0.385. The van der Waals surface area contributed by atoms with Crippen molar-refractivity contribution in [2.24, 2.45) is 5.73 Å². The molecule has 0 spiro atoms. The zero-order chi connectivity index (χ0) is 15.3. The lowest BCUT2D eigenvalue weighted by molar-refractivity contribution is -0.384.